The molecular weight excluding hydrogens is 318 g/mol. The number of H-pyrrole nitrogens is 1. The number of likely N-dealkylation sites (tertiary alicyclic amines) is 1. The summed E-state index contributed by atoms with van der Waals surface area (Å²) in [7, 11) is 0. The van der Waals surface area contributed by atoms with Crippen molar-refractivity contribution in [3.05, 3.63) is 23.8 Å². The van der Waals surface area contributed by atoms with E-state index in [1.807, 2.05) is 23.1 Å². The normalized spacial score (nSPS) is 21.6. The quantitative estimate of drug-likeness (QED) is 0.915. The molecule has 2 fully saturated rings. The first-order valence-corrected chi connectivity index (χ1v) is 9.14. The predicted molar refractivity (Wildman–Crippen MR) is 94.4 cm³/mol. The lowest BCUT2D eigenvalue weighted by Crippen LogP contribution is -2.49. The Bertz CT molecular complexity index is 732. The molecular formula is C18H25N5O2. The maximum absolute atomic E-state index is 12.8. The molecule has 0 bridgehead atoms. The summed E-state index contributed by atoms with van der Waals surface area (Å²) in [5, 5.41) is 10.7. The minimum atomic E-state index is 0.0994. The highest BCUT2D eigenvalue weighted by molar-refractivity contribution is 5.97. The number of benzene rings is 1. The van der Waals surface area contributed by atoms with E-state index in [1.54, 1.807) is 0 Å². The number of carbonyl (C=O) groups excluding carboxylic acids is 1. The van der Waals surface area contributed by atoms with Gasteiger partial charge in [0, 0.05) is 37.8 Å². The van der Waals surface area contributed by atoms with Crippen LogP contribution in [0.3, 0.4) is 0 Å². The lowest BCUT2D eigenvalue weighted by atomic mass is 9.89. The number of nitrogens with one attached hydrogen (secondary N) is 1. The van der Waals surface area contributed by atoms with Crippen molar-refractivity contribution in [2.75, 3.05) is 39.4 Å². The molecule has 1 N–H and O–H groups in total. The van der Waals surface area contributed by atoms with Crippen molar-refractivity contribution in [2.24, 2.45) is 5.92 Å². The van der Waals surface area contributed by atoms with Gasteiger partial charge in [-0.15, -0.1) is 0 Å². The molecule has 2 aliphatic rings. The minimum absolute atomic E-state index is 0.0994. The summed E-state index contributed by atoms with van der Waals surface area (Å²) in [5.74, 6) is 0.752. The Morgan fingerprint density at radius 2 is 1.88 bits per heavy atom. The number of hydrogen-bond donors (Lipinski definition) is 1. The van der Waals surface area contributed by atoms with Gasteiger partial charge in [0.2, 0.25) is 0 Å². The molecule has 2 aliphatic heterocycles. The average Bonchev–Trinajstić information content (AvgIpc) is 3.15. The van der Waals surface area contributed by atoms with E-state index < -0.39 is 0 Å². The minimum Gasteiger partial charge on any atom is -0.379 e. The van der Waals surface area contributed by atoms with Gasteiger partial charge >= 0.3 is 0 Å². The zero-order chi connectivity index (χ0) is 17.2. The Kier molecular flexibility index (Phi) is 4.67. The maximum Gasteiger partial charge on any atom is 0.253 e. The fraction of sp³-hybridized carbons (Fsp3) is 0.611. The van der Waals surface area contributed by atoms with Crippen molar-refractivity contribution in [2.45, 2.75) is 25.8 Å². The Hall–Kier alpha value is -1.99. The third-order valence-corrected chi connectivity index (χ3v) is 5.69. The zero-order valence-electron chi connectivity index (χ0n) is 14.6. The highest BCUT2D eigenvalue weighted by Gasteiger charge is 2.30. The van der Waals surface area contributed by atoms with E-state index in [4.69, 9.17) is 4.74 Å². The van der Waals surface area contributed by atoms with Gasteiger partial charge in [0.05, 0.1) is 13.2 Å². The summed E-state index contributed by atoms with van der Waals surface area (Å²) in [6.45, 7) is 7.71. The standard InChI is InChI=1S/C18H25N5O2/c1-13(22-8-10-25-11-9-22)14-4-6-23(7-5-14)18(24)15-2-3-16-17(12-15)20-21-19-16/h2-3,12-14H,4-11H2,1H3,(H,19,20,21)/t13-/m1/s1. The molecule has 1 atom stereocenters. The van der Waals surface area contributed by atoms with Crippen molar-refractivity contribution in [3.63, 3.8) is 0 Å². The first kappa shape index (κ1) is 16.5. The number of amides is 1. The van der Waals surface area contributed by atoms with Crippen LogP contribution in [0.15, 0.2) is 18.2 Å². The highest BCUT2D eigenvalue weighted by atomic mass is 16.5. The average molecular weight is 343 g/mol. The Labute approximate surface area is 147 Å². The molecule has 0 aliphatic carbocycles. The first-order chi connectivity index (χ1) is 12.2. The highest BCUT2D eigenvalue weighted by Crippen LogP contribution is 2.26. The van der Waals surface area contributed by atoms with Gasteiger partial charge in [-0.2, -0.15) is 15.4 Å². The molecule has 1 amide bonds. The number of aromatic nitrogens is 3. The fourth-order valence-electron chi connectivity index (χ4n) is 4.02. The molecule has 134 valence electrons. The number of rotatable bonds is 3. The summed E-state index contributed by atoms with van der Waals surface area (Å²) in [4.78, 5) is 17.3. The van der Waals surface area contributed by atoms with Crippen LogP contribution in [0.5, 0.6) is 0 Å². The van der Waals surface area contributed by atoms with Crippen LogP contribution in [-0.4, -0.2) is 76.6 Å². The van der Waals surface area contributed by atoms with Crippen LogP contribution >= 0.6 is 0 Å². The molecule has 1 aromatic carbocycles. The summed E-state index contributed by atoms with van der Waals surface area (Å²) in [6, 6.07) is 6.08. The predicted octanol–water partition coefficient (Wildman–Crippen LogP) is 1.53. The molecule has 0 saturated carbocycles. The van der Waals surface area contributed by atoms with Gasteiger partial charge in [0.25, 0.3) is 5.91 Å². The summed E-state index contributed by atoms with van der Waals surface area (Å²) >= 11 is 0. The van der Waals surface area contributed by atoms with Gasteiger partial charge < -0.3 is 9.64 Å². The Morgan fingerprint density at radius 1 is 1.16 bits per heavy atom. The number of piperidine rings is 1. The molecule has 1 aromatic heterocycles. The molecule has 25 heavy (non-hydrogen) atoms. The smallest absolute Gasteiger partial charge is 0.253 e. The van der Waals surface area contributed by atoms with Gasteiger partial charge in [-0.1, -0.05) is 0 Å². The van der Waals surface area contributed by atoms with Gasteiger partial charge in [-0.25, -0.2) is 0 Å². The Morgan fingerprint density at radius 3 is 2.64 bits per heavy atom. The van der Waals surface area contributed by atoms with Crippen molar-refractivity contribution in [1.82, 2.24) is 25.2 Å². The van der Waals surface area contributed by atoms with E-state index in [0.29, 0.717) is 17.5 Å². The van der Waals surface area contributed by atoms with Crippen LogP contribution in [0, 0.1) is 5.92 Å². The third-order valence-electron chi connectivity index (χ3n) is 5.69. The number of carbonyl (C=O) groups is 1. The maximum atomic E-state index is 12.8. The number of hydrogen-bond acceptors (Lipinski definition) is 5. The topological polar surface area (TPSA) is 74.4 Å². The number of nitrogens with zero attached hydrogens (tertiary/aromatic N) is 4. The van der Waals surface area contributed by atoms with Gasteiger partial charge in [-0.05, 0) is 43.9 Å². The van der Waals surface area contributed by atoms with Crippen LogP contribution in [0.1, 0.15) is 30.1 Å². The molecule has 7 nitrogen and oxygen atoms in total. The van der Waals surface area contributed by atoms with Crippen LogP contribution in [0.2, 0.25) is 0 Å². The lowest BCUT2D eigenvalue weighted by Gasteiger charge is -2.41. The molecule has 3 heterocycles. The first-order valence-electron chi connectivity index (χ1n) is 9.14. The van der Waals surface area contributed by atoms with Crippen LogP contribution in [0.4, 0.5) is 0 Å². The van der Waals surface area contributed by atoms with Crippen molar-refractivity contribution >= 4 is 16.9 Å². The van der Waals surface area contributed by atoms with Crippen molar-refractivity contribution < 1.29 is 9.53 Å². The SMILES string of the molecule is C[C@H](C1CCN(C(=O)c2ccc3n[nH]nc3c2)CC1)N1CCOCC1. The van der Waals surface area contributed by atoms with E-state index in [0.717, 1.165) is 63.3 Å². The van der Waals surface area contributed by atoms with Crippen molar-refractivity contribution in [3.8, 4) is 0 Å². The summed E-state index contributed by atoms with van der Waals surface area (Å²) in [5.41, 5.74) is 2.22. The van der Waals surface area contributed by atoms with E-state index in [2.05, 4.69) is 27.2 Å². The number of fused-ring (bicyclic) bond motifs is 1. The molecule has 2 aromatic rings. The summed E-state index contributed by atoms with van der Waals surface area (Å²) < 4.78 is 5.45. The lowest BCUT2D eigenvalue weighted by molar-refractivity contribution is -0.000949. The molecule has 0 spiro atoms. The third kappa shape index (κ3) is 3.39. The molecule has 7 heteroatoms. The van der Waals surface area contributed by atoms with Gasteiger partial charge in [0.1, 0.15) is 11.0 Å². The Balaban J connectivity index is 1.36. The van der Waals surface area contributed by atoms with Crippen LogP contribution < -0.4 is 0 Å². The van der Waals surface area contributed by atoms with E-state index in [1.165, 1.54) is 0 Å². The molecule has 0 unspecified atom stereocenters. The van der Waals surface area contributed by atoms with Crippen molar-refractivity contribution in [1.29, 1.82) is 0 Å². The second-order valence-corrected chi connectivity index (χ2v) is 7.05. The largest absolute Gasteiger partial charge is 0.379 e. The second-order valence-electron chi connectivity index (χ2n) is 7.05. The number of aromatic amines is 1. The van der Waals surface area contributed by atoms with Crippen LogP contribution in [-0.2, 0) is 4.74 Å². The van der Waals surface area contributed by atoms with Crippen LogP contribution in [0.25, 0.3) is 11.0 Å². The van der Waals surface area contributed by atoms with E-state index in [9.17, 15) is 4.79 Å². The van der Waals surface area contributed by atoms with E-state index in [-0.39, 0.29) is 5.91 Å². The summed E-state index contributed by atoms with van der Waals surface area (Å²) in [6.07, 6.45) is 2.13. The zero-order valence-corrected chi connectivity index (χ0v) is 14.6. The second kappa shape index (κ2) is 7.09. The molecule has 2 saturated heterocycles. The van der Waals surface area contributed by atoms with Gasteiger partial charge in [-0.3, -0.25) is 9.69 Å². The van der Waals surface area contributed by atoms with E-state index >= 15 is 0 Å². The van der Waals surface area contributed by atoms with Gasteiger partial charge in [0.15, 0.2) is 0 Å². The fourth-order valence-corrected chi connectivity index (χ4v) is 4.02. The number of ether oxygens (including phenoxy) is 1. The molecule has 0 radical (unpaired) electrons. The molecule has 4 rings (SSSR count). The number of morpholine rings is 1. The monoisotopic (exact) mass is 343 g/mol.